The summed E-state index contributed by atoms with van der Waals surface area (Å²) >= 11 is 0. The monoisotopic (exact) mass is 542 g/mol. The number of anilines is 2. The number of aryl methyl sites for hydroxylation is 2. The lowest BCUT2D eigenvalue weighted by atomic mass is 10.1. The second-order valence-electron chi connectivity index (χ2n) is 11.4. The molecule has 0 bridgehead atoms. The molecule has 2 heterocycles. The first-order valence-electron chi connectivity index (χ1n) is 14.3. The van der Waals surface area contributed by atoms with Crippen LogP contribution in [0.5, 0.6) is 0 Å². The molecule has 0 unspecified atom stereocenters. The van der Waals surface area contributed by atoms with Crippen molar-refractivity contribution >= 4 is 34.4 Å². The molecule has 0 radical (unpaired) electrons. The minimum Gasteiger partial charge on any atom is -0.339 e. The van der Waals surface area contributed by atoms with Gasteiger partial charge in [0.1, 0.15) is 0 Å². The third kappa shape index (κ3) is 7.58. The van der Waals surface area contributed by atoms with Gasteiger partial charge in [-0.2, -0.15) is 0 Å². The van der Waals surface area contributed by atoms with Crippen molar-refractivity contribution < 1.29 is 9.59 Å². The predicted molar refractivity (Wildman–Crippen MR) is 161 cm³/mol. The fraction of sp³-hybridized carbons (Fsp3) is 0.438. The van der Waals surface area contributed by atoms with Gasteiger partial charge in [-0.3, -0.25) is 9.59 Å². The average Bonchev–Trinajstić information content (AvgIpc) is 3.56. The zero-order valence-electron chi connectivity index (χ0n) is 24.4. The van der Waals surface area contributed by atoms with Crippen LogP contribution < -0.4 is 5.32 Å². The van der Waals surface area contributed by atoms with E-state index in [9.17, 15) is 9.59 Å². The van der Waals surface area contributed by atoms with Crippen molar-refractivity contribution in [3.8, 4) is 0 Å². The minimum atomic E-state index is 0.0336. The Morgan fingerprint density at radius 2 is 1.60 bits per heavy atom. The highest BCUT2D eigenvalue weighted by atomic mass is 16.2. The molecule has 0 aliphatic heterocycles. The Balaban J connectivity index is 1.64. The number of hydrogen-bond donors (Lipinski definition) is 1. The van der Waals surface area contributed by atoms with E-state index in [4.69, 9.17) is 4.98 Å². The molecule has 0 aliphatic rings. The summed E-state index contributed by atoms with van der Waals surface area (Å²) in [5, 5.41) is 3.43. The number of nitrogens with one attached hydrogen (secondary N) is 1. The zero-order valence-corrected chi connectivity index (χ0v) is 24.4. The summed E-state index contributed by atoms with van der Waals surface area (Å²) in [6, 6.07) is 13.2. The zero-order chi connectivity index (χ0) is 28.6. The summed E-state index contributed by atoms with van der Waals surface area (Å²) in [6.45, 7) is 13.4. The molecule has 0 aliphatic carbocycles. The van der Waals surface area contributed by atoms with E-state index < -0.39 is 0 Å². The van der Waals surface area contributed by atoms with E-state index in [2.05, 4.69) is 47.1 Å². The Hall–Kier alpha value is -3.94. The first-order valence-corrected chi connectivity index (χ1v) is 14.3. The number of hydrogen-bond acceptors (Lipinski definition) is 5. The van der Waals surface area contributed by atoms with Crippen LogP contribution in [0.15, 0.2) is 61.2 Å². The molecule has 2 aromatic carbocycles. The van der Waals surface area contributed by atoms with Gasteiger partial charge in [0, 0.05) is 55.4 Å². The average molecular weight is 543 g/mol. The molecular weight excluding hydrogens is 500 g/mol. The molecule has 0 spiro atoms. The molecule has 1 N–H and O–H groups in total. The van der Waals surface area contributed by atoms with Gasteiger partial charge >= 0.3 is 0 Å². The van der Waals surface area contributed by atoms with Crippen LogP contribution in [-0.2, 0) is 13.1 Å². The van der Waals surface area contributed by atoms with Gasteiger partial charge in [-0.15, -0.1) is 0 Å². The van der Waals surface area contributed by atoms with Crippen molar-refractivity contribution in [2.45, 2.75) is 67.0 Å². The summed E-state index contributed by atoms with van der Waals surface area (Å²) in [4.78, 5) is 36.5. The smallest absolute Gasteiger partial charge is 0.253 e. The van der Waals surface area contributed by atoms with Crippen molar-refractivity contribution in [3.63, 3.8) is 0 Å². The van der Waals surface area contributed by atoms with Crippen molar-refractivity contribution in [2.24, 2.45) is 11.8 Å². The van der Waals surface area contributed by atoms with Crippen molar-refractivity contribution in [2.75, 3.05) is 18.4 Å². The number of nitrogens with zero attached hydrogens (tertiary/aromatic N) is 5. The molecular formula is C32H42N6O2. The van der Waals surface area contributed by atoms with Gasteiger partial charge in [0.2, 0.25) is 5.95 Å². The standard InChI is InChI=1S/C32H42N6O2/c1-23(2)13-18-37(19-14-24(3)4)31(40)27-9-12-29-30(21-27)38(17-6-16-36-20-15-33-22-36)32(35-29)34-28-10-7-26(8-11-28)25(5)39/h7-12,15,20-24H,6,13-14,16-19H2,1-5H3,(H,34,35). The molecule has 1 amide bonds. The summed E-state index contributed by atoms with van der Waals surface area (Å²) in [5.74, 6) is 1.88. The summed E-state index contributed by atoms with van der Waals surface area (Å²) < 4.78 is 4.21. The summed E-state index contributed by atoms with van der Waals surface area (Å²) in [5.41, 5.74) is 3.96. The predicted octanol–water partition coefficient (Wildman–Crippen LogP) is 6.80. The normalized spacial score (nSPS) is 11.5. The number of carbonyl (C=O) groups excluding carboxylic acids is 2. The third-order valence-corrected chi connectivity index (χ3v) is 7.14. The van der Waals surface area contributed by atoms with Gasteiger partial charge < -0.3 is 19.4 Å². The van der Waals surface area contributed by atoms with Crippen LogP contribution in [-0.4, -0.2) is 48.8 Å². The number of fused-ring (bicyclic) bond motifs is 1. The molecule has 0 fully saturated rings. The highest BCUT2D eigenvalue weighted by Crippen LogP contribution is 2.26. The van der Waals surface area contributed by atoms with Crippen LogP contribution in [0.1, 0.15) is 74.6 Å². The molecule has 0 saturated carbocycles. The second-order valence-corrected chi connectivity index (χ2v) is 11.4. The summed E-state index contributed by atoms with van der Waals surface area (Å²) in [7, 11) is 0. The second kappa shape index (κ2) is 13.4. The van der Waals surface area contributed by atoms with Gasteiger partial charge in [-0.05, 0) is 80.5 Å². The van der Waals surface area contributed by atoms with Crippen LogP contribution in [0.4, 0.5) is 11.6 Å². The molecule has 4 aromatic rings. The third-order valence-electron chi connectivity index (χ3n) is 7.14. The van der Waals surface area contributed by atoms with Crippen molar-refractivity contribution in [1.29, 1.82) is 0 Å². The molecule has 40 heavy (non-hydrogen) atoms. The number of aromatic nitrogens is 4. The SMILES string of the molecule is CC(=O)c1ccc(Nc2nc3ccc(C(=O)N(CCC(C)C)CCC(C)C)cc3n2CCCn2ccnc2)cc1. The van der Waals surface area contributed by atoms with E-state index in [1.165, 1.54) is 0 Å². The number of Topliss-reactive ketones (excluding diaryl/α,β-unsaturated/α-hetero) is 1. The lowest BCUT2D eigenvalue weighted by molar-refractivity contribution is 0.0740. The Morgan fingerprint density at radius 3 is 2.20 bits per heavy atom. The molecule has 8 heteroatoms. The number of amides is 1. The largest absolute Gasteiger partial charge is 0.339 e. The molecule has 0 atom stereocenters. The maximum Gasteiger partial charge on any atom is 0.253 e. The first-order chi connectivity index (χ1) is 19.2. The van der Waals surface area contributed by atoms with E-state index >= 15 is 0 Å². The fourth-order valence-corrected chi connectivity index (χ4v) is 4.65. The Kier molecular flexibility index (Phi) is 9.74. The summed E-state index contributed by atoms with van der Waals surface area (Å²) in [6.07, 6.45) is 8.39. The maximum absolute atomic E-state index is 13.7. The van der Waals surface area contributed by atoms with E-state index in [1.54, 1.807) is 13.1 Å². The molecule has 4 rings (SSSR count). The van der Waals surface area contributed by atoms with E-state index in [1.807, 2.05) is 59.9 Å². The highest BCUT2D eigenvalue weighted by Gasteiger charge is 2.19. The highest BCUT2D eigenvalue weighted by molar-refractivity contribution is 5.98. The van der Waals surface area contributed by atoms with Crippen LogP contribution in [0.2, 0.25) is 0 Å². The lowest BCUT2D eigenvalue weighted by Crippen LogP contribution is -2.34. The van der Waals surface area contributed by atoms with Gasteiger partial charge in [0.25, 0.3) is 5.91 Å². The van der Waals surface area contributed by atoms with E-state index in [0.29, 0.717) is 35.5 Å². The Morgan fingerprint density at radius 1 is 0.925 bits per heavy atom. The van der Waals surface area contributed by atoms with Crippen molar-refractivity contribution in [1.82, 2.24) is 24.0 Å². The van der Waals surface area contributed by atoms with Gasteiger partial charge in [0.15, 0.2) is 5.78 Å². The van der Waals surface area contributed by atoms with Crippen molar-refractivity contribution in [3.05, 3.63) is 72.3 Å². The van der Waals surface area contributed by atoms with E-state index in [0.717, 1.165) is 55.6 Å². The molecule has 212 valence electrons. The fourth-order valence-electron chi connectivity index (χ4n) is 4.65. The van der Waals surface area contributed by atoms with E-state index in [-0.39, 0.29) is 11.7 Å². The topological polar surface area (TPSA) is 85.0 Å². The number of rotatable bonds is 14. The molecule has 0 saturated heterocycles. The van der Waals surface area contributed by atoms with Gasteiger partial charge in [0.05, 0.1) is 17.4 Å². The maximum atomic E-state index is 13.7. The van der Waals surface area contributed by atoms with Crippen LogP contribution in [0.3, 0.4) is 0 Å². The van der Waals surface area contributed by atoms with Gasteiger partial charge in [-0.1, -0.05) is 27.7 Å². The molecule has 8 nitrogen and oxygen atoms in total. The number of carbonyl (C=O) groups is 2. The van der Waals surface area contributed by atoms with Gasteiger partial charge in [-0.25, -0.2) is 9.97 Å². The quantitative estimate of drug-likeness (QED) is 0.177. The number of benzene rings is 2. The van der Waals surface area contributed by atoms with Crippen LogP contribution >= 0.6 is 0 Å². The Labute approximate surface area is 237 Å². The van der Waals surface area contributed by atoms with Crippen LogP contribution in [0, 0.1) is 11.8 Å². The number of imidazole rings is 2. The Bertz CT molecular complexity index is 1390. The minimum absolute atomic E-state index is 0.0336. The number of ketones is 1. The molecule has 2 aromatic heterocycles. The van der Waals surface area contributed by atoms with Crippen LogP contribution in [0.25, 0.3) is 11.0 Å². The lowest BCUT2D eigenvalue weighted by Gasteiger charge is -2.24. The first kappa shape index (κ1) is 29.1.